The van der Waals surface area contributed by atoms with Crippen LogP contribution >= 0.6 is 0 Å². The highest BCUT2D eigenvalue weighted by Gasteiger charge is 2.15. The van der Waals surface area contributed by atoms with Crippen LogP contribution < -0.4 is 21.1 Å². The van der Waals surface area contributed by atoms with Crippen molar-refractivity contribution in [1.82, 2.24) is 15.2 Å². The molecule has 33 heavy (non-hydrogen) atoms. The Balaban J connectivity index is 1.62. The van der Waals surface area contributed by atoms with Crippen LogP contribution in [-0.4, -0.2) is 35.9 Å². The first kappa shape index (κ1) is 23.6. The molecular formula is C23H23F2N5O3. The van der Waals surface area contributed by atoms with E-state index >= 15 is 0 Å². The van der Waals surface area contributed by atoms with Crippen LogP contribution in [0.4, 0.5) is 25.1 Å². The summed E-state index contributed by atoms with van der Waals surface area (Å²) in [7, 11) is 3.71. The fourth-order valence-electron chi connectivity index (χ4n) is 2.96. The van der Waals surface area contributed by atoms with Crippen molar-refractivity contribution in [3.05, 3.63) is 77.5 Å². The van der Waals surface area contributed by atoms with Crippen molar-refractivity contribution in [1.29, 1.82) is 0 Å². The number of nitrogens with zero attached hydrogens (tertiary/aromatic N) is 2. The van der Waals surface area contributed by atoms with E-state index in [1.807, 2.05) is 19.0 Å². The zero-order valence-corrected chi connectivity index (χ0v) is 18.1. The molecule has 2 aromatic carbocycles. The van der Waals surface area contributed by atoms with Crippen molar-refractivity contribution in [3.8, 4) is 11.5 Å². The van der Waals surface area contributed by atoms with Crippen LogP contribution in [0.1, 0.15) is 11.1 Å². The topological polar surface area (TPSA) is 110 Å². The average Bonchev–Trinajstić information content (AvgIpc) is 2.73. The predicted molar refractivity (Wildman–Crippen MR) is 120 cm³/mol. The predicted octanol–water partition coefficient (Wildman–Crippen LogP) is 3.69. The van der Waals surface area contributed by atoms with E-state index in [1.54, 1.807) is 6.07 Å². The van der Waals surface area contributed by atoms with Crippen LogP contribution in [0.25, 0.3) is 0 Å². The molecule has 0 aliphatic rings. The highest BCUT2D eigenvalue weighted by atomic mass is 19.1. The van der Waals surface area contributed by atoms with Gasteiger partial charge >= 0.3 is 6.03 Å². The van der Waals surface area contributed by atoms with E-state index in [9.17, 15) is 18.4 Å². The molecule has 10 heteroatoms. The maximum absolute atomic E-state index is 14.6. The van der Waals surface area contributed by atoms with Crippen LogP contribution in [-0.2, 0) is 17.8 Å². The molecule has 0 aliphatic heterocycles. The summed E-state index contributed by atoms with van der Waals surface area (Å²) >= 11 is 0. The number of amides is 3. The summed E-state index contributed by atoms with van der Waals surface area (Å²) < 4.78 is 33.2. The molecule has 172 valence electrons. The fourth-order valence-corrected chi connectivity index (χ4v) is 2.96. The molecule has 0 aliphatic carbocycles. The lowest BCUT2D eigenvalue weighted by molar-refractivity contribution is -0.119. The molecule has 3 rings (SSSR count). The first-order valence-corrected chi connectivity index (χ1v) is 9.92. The van der Waals surface area contributed by atoms with E-state index in [4.69, 9.17) is 10.5 Å². The lowest BCUT2D eigenvalue weighted by Crippen LogP contribution is -2.35. The van der Waals surface area contributed by atoms with Gasteiger partial charge in [0.1, 0.15) is 17.4 Å². The number of nitrogens with two attached hydrogens (primary N) is 1. The minimum absolute atomic E-state index is 0.0704. The van der Waals surface area contributed by atoms with Crippen molar-refractivity contribution >= 4 is 23.4 Å². The molecule has 0 saturated heterocycles. The largest absolute Gasteiger partial charge is 0.454 e. The maximum Gasteiger partial charge on any atom is 0.325 e. The monoisotopic (exact) mass is 455 g/mol. The van der Waals surface area contributed by atoms with Gasteiger partial charge in [-0.2, -0.15) is 0 Å². The number of rotatable bonds is 7. The molecule has 0 spiro atoms. The third-order valence-electron chi connectivity index (χ3n) is 4.46. The van der Waals surface area contributed by atoms with Gasteiger partial charge in [0.05, 0.1) is 12.0 Å². The Morgan fingerprint density at radius 1 is 1.06 bits per heavy atom. The van der Waals surface area contributed by atoms with Gasteiger partial charge < -0.3 is 20.7 Å². The van der Waals surface area contributed by atoms with E-state index in [-0.39, 0.29) is 23.7 Å². The average molecular weight is 455 g/mol. The third-order valence-corrected chi connectivity index (χ3v) is 4.46. The maximum atomic E-state index is 14.6. The molecule has 0 unspecified atom stereocenters. The first-order chi connectivity index (χ1) is 15.7. The van der Waals surface area contributed by atoms with E-state index in [0.717, 1.165) is 6.07 Å². The van der Waals surface area contributed by atoms with Crippen LogP contribution in [0, 0.1) is 11.6 Å². The van der Waals surface area contributed by atoms with Gasteiger partial charge in [-0.25, -0.2) is 18.6 Å². The second kappa shape index (κ2) is 10.5. The van der Waals surface area contributed by atoms with Crippen LogP contribution in [0.3, 0.4) is 0 Å². The van der Waals surface area contributed by atoms with E-state index in [1.165, 1.54) is 42.6 Å². The molecule has 3 amide bonds. The van der Waals surface area contributed by atoms with Crippen LogP contribution in [0.2, 0.25) is 0 Å². The molecule has 3 aromatic rings. The highest BCUT2D eigenvalue weighted by molar-refractivity contribution is 6.01. The van der Waals surface area contributed by atoms with Gasteiger partial charge in [-0.1, -0.05) is 12.1 Å². The SMILES string of the molecule is CN(C)Cc1c(Oc2ccc(NC(=O)NC(=O)Cc3ccc(F)cc3)cc2F)ccnc1N. The van der Waals surface area contributed by atoms with E-state index in [0.29, 0.717) is 23.4 Å². The fraction of sp³-hybridized carbons (Fsp3) is 0.174. The number of halogens is 2. The first-order valence-electron chi connectivity index (χ1n) is 9.92. The number of benzene rings is 2. The number of hydrogen-bond donors (Lipinski definition) is 3. The molecule has 0 atom stereocenters. The summed E-state index contributed by atoms with van der Waals surface area (Å²) in [5, 5.41) is 4.52. The Kier molecular flexibility index (Phi) is 7.52. The molecule has 4 N–H and O–H groups in total. The summed E-state index contributed by atoms with van der Waals surface area (Å²) in [6, 6.07) is 9.93. The lowest BCUT2D eigenvalue weighted by Gasteiger charge is -2.16. The number of imide groups is 1. The van der Waals surface area contributed by atoms with Crippen LogP contribution in [0.5, 0.6) is 11.5 Å². The Hall–Kier alpha value is -4.05. The number of carbonyl (C=O) groups is 2. The van der Waals surface area contributed by atoms with Gasteiger partial charge in [0.25, 0.3) is 0 Å². The second-order valence-electron chi connectivity index (χ2n) is 7.46. The van der Waals surface area contributed by atoms with Crippen molar-refractivity contribution in [2.24, 2.45) is 0 Å². The number of nitrogens with one attached hydrogen (secondary N) is 2. The number of urea groups is 1. The normalized spacial score (nSPS) is 10.7. The highest BCUT2D eigenvalue weighted by Crippen LogP contribution is 2.31. The molecule has 0 radical (unpaired) electrons. The number of pyridine rings is 1. The smallest absolute Gasteiger partial charge is 0.325 e. The van der Waals surface area contributed by atoms with Crippen LogP contribution in [0.15, 0.2) is 54.7 Å². The number of nitrogen functional groups attached to an aromatic ring is 1. The quantitative estimate of drug-likeness (QED) is 0.501. The number of ether oxygens (including phenoxy) is 1. The van der Waals surface area contributed by atoms with Crippen molar-refractivity contribution in [2.45, 2.75) is 13.0 Å². The van der Waals surface area contributed by atoms with Gasteiger partial charge in [-0.05, 0) is 50.0 Å². The Labute approximate surface area is 189 Å². The Morgan fingerprint density at radius 3 is 2.45 bits per heavy atom. The van der Waals surface area contributed by atoms with Gasteiger partial charge in [-0.3, -0.25) is 10.1 Å². The van der Waals surface area contributed by atoms with Gasteiger partial charge in [-0.15, -0.1) is 0 Å². The van der Waals surface area contributed by atoms with E-state index < -0.39 is 23.6 Å². The minimum atomic E-state index is -0.828. The molecule has 0 fully saturated rings. The Morgan fingerprint density at radius 2 is 1.79 bits per heavy atom. The molecule has 1 heterocycles. The summed E-state index contributed by atoms with van der Waals surface area (Å²) in [4.78, 5) is 29.9. The van der Waals surface area contributed by atoms with Gasteiger partial charge in [0, 0.05) is 24.5 Å². The molecule has 8 nitrogen and oxygen atoms in total. The van der Waals surface area contributed by atoms with Gasteiger partial charge in [0.2, 0.25) is 5.91 Å². The molecule has 0 bridgehead atoms. The zero-order chi connectivity index (χ0) is 24.0. The second-order valence-corrected chi connectivity index (χ2v) is 7.46. The summed E-state index contributed by atoms with van der Waals surface area (Å²) in [6.45, 7) is 0.447. The van der Waals surface area contributed by atoms with Crippen molar-refractivity contribution in [2.75, 3.05) is 25.1 Å². The minimum Gasteiger partial charge on any atom is -0.454 e. The number of aromatic nitrogens is 1. The summed E-state index contributed by atoms with van der Waals surface area (Å²) in [5.41, 5.74) is 7.20. The standard InChI is InChI=1S/C23H23F2N5O3/c1-30(2)13-17-19(9-10-27-22(17)26)33-20-8-7-16(12-18(20)25)28-23(32)29-21(31)11-14-3-5-15(24)6-4-14/h3-10,12H,11,13H2,1-2H3,(H2,26,27)(H2,28,29,31,32). The number of anilines is 2. The third kappa shape index (κ3) is 6.71. The van der Waals surface area contributed by atoms with E-state index in [2.05, 4.69) is 15.6 Å². The Bertz CT molecular complexity index is 1150. The zero-order valence-electron chi connectivity index (χ0n) is 18.1. The molecule has 1 aromatic heterocycles. The summed E-state index contributed by atoms with van der Waals surface area (Å²) in [5.74, 6) is -1.17. The lowest BCUT2D eigenvalue weighted by atomic mass is 10.1. The molecule has 0 saturated carbocycles. The summed E-state index contributed by atoms with van der Waals surface area (Å²) in [6.07, 6.45) is 1.35. The molecular weight excluding hydrogens is 432 g/mol. The van der Waals surface area contributed by atoms with Gasteiger partial charge in [0.15, 0.2) is 11.6 Å². The number of carbonyl (C=O) groups excluding carboxylic acids is 2. The van der Waals surface area contributed by atoms with Crippen molar-refractivity contribution < 1.29 is 23.1 Å². The number of hydrogen-bond acceptors (Lipinski definition) is 6. The van der Waals surface area contributed by atoms with Crippen molar-refractivity contribution in [3.63, 3.8) is 0 Å².